The fourth-order valence-electron chi connectivity index (χ4n) is 4.25. The fraction of sp³-hybridized carbons (Fsp3) is 0.308. The minimum atomic E-state index is -0.795. The third-order valence-electron chi connectivity index (χ3n) is 5.70. The van der Waals surface area contributed by atoms with Crippen LogP contribution in [-0.4, -0.2) is 40.2 Å². The smallest absolute Gasteiger partial charge is 0.320 e. The second-order valence-electron chi connectivity index (χ2n) is 7.80. The molecular weight excluding hydrogens is 404 g/mol. The Balaban J connectivity index is 1.67. The first-order valence-electron chi connectivity index (χ1n) is 11.0. The van der Waals surface area contributed by atoms with Crippen LogP contribution in [0, 0.1) is 0 Å². The van der Waals surface area contributed by atoms with Gasteiger partial charge >= 0.3 is 5.97 Å². The van der Waals surface area contributed by atoms with Crippen LogP contribution in [0.25, 0.3) is 0 Å². The summed E-state index contributed by atoms with van der Waals surface area (Å²) >= 11 is 0. The van der Waals surface area contributed by atoms with Crippen LogP contribution in [0.4, 0.5) is 0 Å². The van der Waals surface area contributed by atoms with Crippen LogP contribution in [-0.2, 0) is 11.4 Å². The van der Waals surface area contributed by atoms with Crippen LogP contribution >= 0.6 is 0 Å². The number of pyridine rings is 1. The number of nitrogens with zero attached hydrogens (tertiary/aromatic N) is 2. The lowest BCUT2D eigenvalue weighted by molar-refractivity contribution is -0.142. The third-order valence-corrected chi connectivity index (χ3v) is 5.70. The molecule has 0 radical (unpaired) electrons. The van der Waals surface area contributed by atoms with E-state index in [1.807, 2.05) is 78.6 Å². The number of likely N-dealkylation sites (tertiary alicyclic amines) is 1. The molecule has 6 nitrogen and oxygen atoms in total. The lowest BCUT2D eigenvalue weighted by Gasteiger charge is -2.31. The number of aromatic nitrogens is 1. The topological polar surface area (TPSA) is 71.9 Å². The third kappa shape index (κ3) is 4.92. The second-order valence-corrected chi connectivity index (χ2v) is 7.80. The van der Waals surface area contributed by atoms with E-state index in [2.05, 4.69) is 4.98 Å². The summed E-state index contributed by atoms with van der Waals surface area (Å²) in [5.41, 5.74) is 2.83. The summed E-state index contributed by atoms with van der Waals surface area (Å²) in [4.78, 5) is 18.5. The highest BCUT2D eigenvalue weighted by molar-refractivity contribution is 5.74. The largest absolute Gasteiger partial charge is 0.490 e. The molecule has 0 saturated carbocycles. The minimum Gasteiger partial charge on any atom is -0.490 e. The first kappa shape index (κ1) is 21.8. The lowest BCUT2D eigenvalue weighted by atomic mass is 9.99. The molecular formula is C26H28N2O4. The Kier molecular flexibility index (Phi) is 7.02. The molecule has 3 aromatic rings. The molecule has 32 heavy (non-hydrogen) atoms. The summed E-state index contributed by atoms with van der Waals surface area (Å²) in [6.45, 7) is 3.58. The van der Waals surface area contributed by atoms with Crippen molar-refractivity contribution >= 4 is 5.97 Å². The van der Waals surface area contributed by atoms with Crippen LogP contribution in [0.3, 0.4) is 0 Å². The van der Waals surface area contributed by atoms with Crippen molar-refractivity contribution < 1.29 is 19.4 Å². The van der Waals surface area contributed by atoms with Gasteiger partial charge in [0.2, 0.25) is 0 Å². The molecule has 1 N–H and O–H groups in total. The zero-order valence-electron chi connectivity index (χ0n) is 18.2. The molecule has 0 spiro atoms. The number of hydrogen-bond donors (Lipinski definition) is 1. The molecule has 4 rings (SSSR count). The molecule has 1 saturated heterocycles. The second kappa shape index (κ2) is 10.3. The van der Waals surface area contributed by atoms with Gasteiger partial charge in [-0.3, -0.25) is 14.7 Å². The van der Waals surface area contributed by atoms with Crippen LogP contribution in [0.5, 0.6) is 11.5 Å². The Morgan fingerprint density at radius 1 is 1.09 bits per heavy atom. The number of ether oxygens (including phenoxy) is 2. The van der Waals surface area contributed by atoms with Gasteiger partial charge in [-0.15, -0.1) is 0 Å². The summed E-state index contributed by atoms with van der Waals surface area (Å²) < 4.78 is 12.0. The van der Waals surface area contributed by atoms with Crippen LogP contribution in [0.15, 0.2) is 72.9 Å². The van der Waals surface area contributed by atoms with Gasteiger partial charge in [0.25, 0.3) is 0 Å². The van der Waals surface area contributed by atoms with Gasteiger partial charge < -0.3 is 14.6 Å². The fourth-order valence-corrected chi connectivity index (χ4v) is 4.25. The first-order chi connectivity index (χ1) is 15.7. The molecule has 2 heterocycles. The first-order valence-corrected chi connectivity index (χ1v) is 11.0. The summed E-state index contributed by atoms with van der Waals surface area (Å²) in [6.07, 6.45) is 3.22. The van der Waals surface area contributed by atoms with Crippen molar-refractivity contribution in [3.8, 4) is 11.5 Å². The molecule has 0 aliphatic carbocycles. The number of carbonyl (C=O) groups is 1. The molecule has 166 valence electrons. The van der Waals surface area contributed by atoms with E-state index < -0.39 is 12.0 Å². The summed E-state index contributed by atoms with van der Waals surface area (Å²) in [7, 11) is 0. The van der Waals surface area contributed by atoms with E-state index in [9.17, 15) is 9.90 Å². The average molecular weight is 433 g/mol. The standard InChI is InChI=1S/C26H28N2O4/c1-2-31-24-17-20(13-14-23(24)32-18-19-9-4-3-5-10-19)25(21-11-6-7-15-27-21)28-16-8-12-22(28)26(29)30/h3-7,9-11,13-15,17,22,25H,2,8,12,16,18H2,1H3,(H,29,30). The predicted molar refractivity (Wildman–Crippen MR) is 122 cm³/mol. The Morgan fingerprint density at radius 2 is 1.91 bits per heavy atom. The molecule has 2 unspecified atom stereocenters. The van der Waals surface area contributed by atoms with E-state index in [1.165, 1.54) is 0 Å². The van der Waals surface area contributed by atoms with Crippen LogP contribution in [0.1, 0.15) is 42.6 Å². The van der Waals surface area contributed by atoms with Gasteiger partial charge in [0.05, 0.1) is 18.3 Å². The van der Waals surface area contributed by atoms with Crippen molar-refractivity contribution in [1.29, 1.82) is 0 Å². The summed E-state index contributed by atoms with van der Waals surface area (Å²) in [5, 5.41) is 9.78. The van der Waals surface area contributed by atoms with Gasteiger partial charge in [-0.2, -0.15) is 0 Å². The summed E-state index contributed by atoms with van der Waals surface area (Å²) in [5.74, 6) is 0.514. The van der Waals surface area contributed by atoms with E-state index >= 15 is 0 Å². The minimum absolute atomic E-state index is 0.276. The van der Waals surface area contributed by atoms with Gasteiger partial charge in [-0.25, -0.2) is 0 Å². The van der Waals surface area contributed by atoms with Crippen molar-refractivity contribution in [3.05, 3.63) is 89.7 Å². The normalized spacial score (nSPS) is 17.1. The monoisotopic (exact) mass is 432 g/mol. The molecule has 1 fully saturated rings. The molecule has 1 aliphatic heterocycles. The molecule has 2 aromatic carbocycles. The molecule has 0 bridgehead atoms. The van der Waals surface area contributed by atoms with E-state index in [1.54, 1.807) is 6.20 Å². The number of carboxylic acids is 1. The zero-order valence-corrected chi connectivity index (χ0v) is 18.2. The maximum Gasteiger partial charge on any atom is 0.320 e. The number of carboxylic acid groups (broad SMARTS) is 1. The van der Waals surface area contributed by atoms with E-state index in [-0.39, 0.29) is 6.04 Å². The Morgan fingerprint density at radius 3 is 2.62 bits per heavy atom. The van der Waals surface area contributed by atoms with Crippen molar-refractivity contribution in [2.24, 2.45) is 0 Å². The number of rotatable bonds is 9. The van der Waals surface area contributed by atoms with Crippen LogP contribution in [0.2, 0.25) is 0 Å². The average Bonchev–Trinajstić information content (AvgIpc) is 3.30. The molecule has 1 aromatic heterocycles. The summed E-state index contributed by atoms with van der Waals surface area (Å²) in [6, 6.07) is 20.8. The lowest BCUT2D eigenvalue weighted by Crippen LogP contribution is -2.39. The molecule has 1 aliphatic rings. The SMILES string of the molecule is CCOc1cc(C(c2ccccn2)N2CCCC2C(=O)O)ccc1OCc1ccccc1. The molecule has 2 atom stereocenters. The highest BCUT2D eigenvalue weighted by atomic mass is 16.5. The Labute approximate surface area is 188 Å². The molecule has 6 heteroatoms. The Hall–Kier alpha value is -3.38. The number of aliphatic carboxylic acids is 1. The van der Waals surface area contributed by atoms with E-state index in [4.69, 9.17) is 9.47 Å². The van der Waals surface area contributed by atoms with Crippen molar-refractivity contribution in [3.63, 3.8) is 0 Å². The number of benzene rings is 2. The van der Waals surface area contributed by atoms with Gasteiger partial charge in [0.15, 0.2) is 11.5 Å². The predicted octanol–water partition coefficient (Wildman–Crippen LogP) is 4.70. The Bertz CT molecular complexity index is 1030. The number of hydrogen-bond acceptors (Lipinski definition) is 5. The molecule has 0 amide bonds. The van der Waals surface area contributed by atoms with Crippen molar-refractivity contribution in [1.82, 2.24) is 9.88 Å². The quantitative estimate of drug-likeness (QED) is 0.529. The van der Waals surface area contributed by atoms with Crippen molar-refractivity contribution in [2.75, 3.05) is 13.2 Å². The van der Waals surface area contributed by atoms with Crippen LogP contribution < -0.4 is 9.47 Å². The van der Waals surface area contributed by atoms with Gasteiger partial charge in [-0.05, 0) is 55.2 Å². The van der Waals surface area contributed by atoms with E-state index in [0.717, 1.165) is 23.2 Å². The maximum atomic E-state index is 11.9. The van der Waals surface area contributed by atoms with Gasteiger partial charge in [0, 0.05) is 12.7 Å². The highest BCUT2D eigenvalue weighted by Crippen LogP contribution is 2.38. The van der Waals surface area contributed by atoms with Gasteiger partial charge in [0.1, 0.15) is 12.6 Å². The zero-order chi connectivity index (χ0) is 22.3. The maximum absolute atomic E-state index is 11.9. The van der Waals surface area contributed by atoms with E-state index in [0.29, 0.717) is 37.7 Å². The van der Waals surface area contributed by atoms with Crippen molar-refractivity contribution in [2.45, 2.75) is 38.5 Å². The highest BCUT2D eigenvalue weighted by Gasteiger charge is 2.37. The van der Waals surface area contributed by atoms with Gasteiger partial charge in [-0.1, -0.05) is 42.5 Å².